The van der Waals surface area contributed by atoms with Gasteiger partial charge in [-0.2, -0.15) is 0 Å². The maximum Gasteiger partial charge on any atom is 0.146 e. The molecule has 0 saturated heterocycles. The highest BCUT2D eigenvalue weighted by atomic mass is 35.5. The average molecular weight is 256 g/mol. The smallest absolute Gasteiger partial charge is 0.146 e. The van der Waals surface area contributed by atoms with Crippen LogP contribution in [0.2, 0.25) is 10.0 Å². The number of nitrogen functional groups attached to an aromatic ring is 1. The average Bonchev–Trinajstić information content (AvgIpc) is 2.22. The van der Waals surface area contributed by atoms with Crippen molar-refractivity contribution in [1.82, 2.24) is 0 Å². The first-order valence-electron chi connectivity index (χ1n) is 4.58. The van der Waals surface area contributed by atoms with E-state index < -0.39 is 5.82 Å². The lowest BCUT2D eigenvalue weighted by atomic mass is 10.1. The van der Waals surface area contributed by atoms with Gasteiger partial charge in [-0.05, 0) is 29.8 Å². The molecule has 0 atom stereocenters. The molecule has 2 N–H and O–H groups in total. The molecule has 1 nitrogen and oxygen atoms in total. The largest absolute Gasteiger partial charge is 0.396 e. The van der Waals surface area contributed by atoms with Crippen LogP contribution in [-0.2, 0) is 0 Å². The fourth-order valence-corrected chi connectivity index (χ4v) is 1.95. The molecule has 0 radical (unpaired) electrons. The molecule has 0 fully saturated rings. The molecule has 0 heterocycles. The maximum atomic E-state index is 13.0. The Hall–Kier alpha value is -1.25. The zero-order chi connectivity index (χ0) is 11.7. The van der Waals surface area contributed by atoms with Crippen LogP contribution >= 0.6 is 23.2 Å². The summed E-state index contributed by atoms with van der Waals surface area (Å²) < 4.78 is 13.0. The number of halogens is 3. The summed E-state index contributed by atoms with van der Waals surface area (Å²) in [5.41, 5.74) is 7.13. The van der Waals surface area contributed by atoms with Crippen molar-refractivity contribution in [3.05, 3.63) is 52.3 Å². The Morgan fingerprint density at radius 3 is 2.38 bits per heavy atom. The molecule has 0 aliphatic carbocycles. The summed E-state index contributed by atoms with van der Waals surface area (Å²) in [7, 11) is 0. The van der Waals surface area contributed by atoms with Gasteiger partial charge in [0.15, 0.2) is 0 Å². The molecule has 82 valence electrons. The van der Waals surface area contributed by atoms with Crippen LogP contribution in [0.25, 0.3) is 11.1 Å². The van der Waals surface area contributed by atoms with Gasteiger partial charge in [0.25, 0.3) is 0 Å². The first-order valence-corrected chi connectivity index (χ1v) is 5.34. The van der Waals surface area contributed by atoms with Crippen molar-refractivity contribution >= 4 is 28.9 Å². The third-order valence-electron chi connectivity index (χ3n) is 2.24. The van der Waals surface area contributed by atoms with E-state index in [0.29, 0.717) is 10.0 Å². The van der Waals surface area contributed by atoms with Crippen LogP contribution in [0.1, 0.15) is 0 Å². The van der Waals surface area contributed by atoms with Gasteiger partial charge < -0.3 is 5.73 Å². The van der Waals surface area contributed by atoms with Crippen molar-refractivity contribution < 1.29 is 4.39 Å². The van der Waals surface area contributed by atoms with Crippen LogP contribution in [0, 0.1) is 5.82 Å². The molecular weight excluding hydrogens is 248 g/mol. The van der Waals surface area contributed by atoms with E-state index in [9.17, 15) is 4.39 Å². The zero-order valence-electron chi connectivity index (χ0n) is 8.18. The van der Waals surface area contributed by atoms with E-state index >= 15 is 0 Å². The summed E-state index contributed by atoms with van der Waals surface area (Å²) in [5, 5.41) is 1.07. The molecule has 16 heavy (non-hydrogen) atoms. The summed E-state index contributed by atoms with van der Waals surface area (Å²) >= 11 is 11.8. The van der Waals surface area contributed by atoms with Crippen molar-refractivity contribution in [2.75, 3.05) is 5.73 Å². The van der Waals surface area contributed by atoms with Crippen LogP contribution in [0.3, 0.4) is 0 Å². The quantitative estimate of drug-likeness (QED) is 0.752. The zero-order valence-corrected chi connectivity index (χ0v) is 9.69. The molecule has 2 aromatic rings. The number of hydrogen-bond donors (Lipinski definition) is 1. The second-order valence-corrected chi connectivity index (χ2v) is 4.20. The predicted molar refractivity (Wildman–Crippen MR) is 66.3 cm³/mol. The van der Waals surface area contributed by atoms with Gasteiger partial charge in [-0.3, -0.25) is 0 Å². The molecule has 2 rings (SSSR count). The van der Waals surface area contributed by atoms with E-state index in [1.807, 2.05) is 0 Å². The second kappa shape index (κ2) is 4.32. The van der Waals surface area contributed by atoms with E-state index in [1.165, 1.54) is 6.07 Å². The maximum absolute atomic E-state index is 13.0. The summed E-state index contributed by atoms with van der Waals surface area (Å²) in [5.74, 6) is -0.436. The van der Waals surface area contributed by atoms with Gasteiger partial charge >= 0.3 is 0 Å². The second-order valence-electron chi connectivity index (χ2n) is 3.36. The van der Waals surface area contributed by atoms with E-state index in [2.05, 4.69) is 0 Å². The molecule has 0 aliphatic rings. The standard InChI is InChI=1S/C12H8Cl2FN/c13-8-2-3-9(10(14)6-8)7-1-4-11(15)12(16)5-7/h1-6H,16H2. The Morgan fingerprint density at radius 2 is 1.75 bits per heavy atom. The first kappa shape index (κ1) is 11.2. The lowest BCUT2D eigenvalue weighted by Gasteiger charge is -2.06. The van der Waals surface area contributed by atoms with Crippen LogP contribution in [0.5, 0.6) is 0 Å². The van der Waals surface area contributed by atoms with Gasteiger partial charge in [0.2, 0.25) is 0 Å². The van der Waals surface area contributed by atoms with Gasteiger partial charge in [-0.25, -0.2) is 4.39 Å². The number of benzene rings is 2. The Balaban J connectivity index is 2.54. The summed E-state index contributed by atoms with van der Waals surface area (Å²) in [4.78, 5) is 0. The van der Waals surface area contributed by atoms with E-state index in [4.69, 9.17) is 28.9 Å². The third-order valence-corrected chi connectivity index (χ3v) is 2.79. The van der Waals surface area contributed by atoms with Crippen molar-refractivity contribution in [3.8, 4) is 11.1 Å². The fourth-order valence-electron chi connectivity index (χ4n) is 1.43. The summed E-state index contributed by atoms with van der Waals surface area (Å²) in [6.07, 6.45) is 0. The van der Waals surface area contributed by atoms with Gasteiger partial charge in [-0.15, -0.1) is 0 Å². The van der Waals surface area contributed by atoms with Crippen LogP contribution in [-0.4, -0.2) is 0 Å². The van der Waals surface area contributed by atoms with E-state index in [0.717, 1.165) is 11.1 Å². The van der Waals surface area contributed by atoms with E-state index in [-0.39, 0.29) is 5.69 Å². The predicted octanol–water partition coefficient (Wildman–Crippen LogP) is 4.38. The van der Waals surface area contributed by atoms with Gasteiger partial charge in [-0.1, -0.05) is 35.3 Å². The van der Waals surface area contributed by atoms with Crippen LogP contribution in [0.4, 0.5) is 10.1 Å². The molecule has 0 saturated carbocycles. The monoisotopic (exact) mass is 255 g/mol. The van der Waals surface area contributed by atoms with Crippen LogP contribution < -0.4 is 5.73 Å². The van der Waals surface area contributed by atoms with Gasteiger partial charge in [0.1, 0.15) is 5.82 Å². The number of rotatable bonds is 1. The van der Waals surface area contributed by atoms with Crippen molar-refractivity contribution in [3.63, 3.8) is 0 Å². The normalized spacial score (nSPS) is 10.4. The number of hydrogen-bond acceptors (Lipinski definition) is 1. The van der Waals surface area contributed by atoms with Crippen molar-refractivity contribution in [2.45, 2.75) is 0 Å². The number of nitrogens with two attached hydrogens (primary N) is 1. The van der Waals surface area contributed by atoms with E-state index in [1.54, 1.807) is 30.3 Å². The minimum absolute atomic E-state index is 0.100. The Bertz CT molecular complexity index is 541. The Morgan fingerprint density at radius 1 is 1.00 bits per heavy atom. The molecule has 0 bridgehead atoms. The first-order chi connectivity index (χ1) is 7.58. The fraction of sp³-hybridized carbons (Fsp3) is 0. The molecular formula is C12H8Cl2FN. The lowest BCUT2D eigenvalue weighted by molar-refractivity contribution is 0.632. The molecule has 0 aliphatic heterocycles. The topological polar surface area (TPSA) is 26.0 Å². The van der Waals surface area contributed by atoms with Gasteiger partial charge in [0.05, 0.1) is 5.69 Å². The number of anilines is 1. The Labute approximate surface area is 103 Å². The highest BCUT2D eigenvalue weighted by Gasteiger charge is 2.06. The third kappa shape index (κ3) is 2.13. The van der Waals surface area contributed by atoms with Crippen molar-refractivity contribution in [2.24, 2.45) is 0 Å². The molecule has 2 aromatic carbocycles. The SMILES string of the molecule is Nc1cc(-c2ccc(Cl)cc2Cl)ccc1F. The van der Waals surface area contributed by atoms with Crippen LogP contribution in [0.15, 0.2) is 36.4 Å². The lowest BCUT2D eigenvalue weighted by Crippen LogP contribution is -1.91. The summed E-state index contributed by atoms with van der Waals surface area (Å²) in [6.45, 7) is 0. The van der Waals surface area contributed by atoms with Gasteiger partial charge in [0, 0.05) is 15.6 Å². The highest BCUT2D eigenvalue weighted by Crippen LogP contribution is 2.31. The highest BCUT2D eigenvalue weighted by molar-refractivity contribution is 6.36. The molecule has 0 unspecified atom stereocenters. The molecule has 0 spiro atoms. The molecule has 4 heteroatoms. The van der Waals surface area contributed by atoms with Crippen molar-refractivity contribution in [1.29, 1.82) is 0 Å². The summed E-state index contributed by atoms with van der Waals surface area (Å²) in [6, 6.07) is 9.62. The Kier molecular flexibility index (Phi) is 3.03. The minimum atomic E-state index is -0.436. The molecule has 0 aromatic heterocycles. The minimum Gasteiger partial charge on any atom is -0.396 e. The molecule has 0 amide bonds.